The van der Waals surface area contributed by atoms with Gasteiger partial charge in [-0.05, 0) is 38.4 Å². The number of likely N-dealkylation sites (N-methyl/N-ethyl adjacent to an activating group) is 1. The zero-order valence-corrected chi connectivity index (χ0v) is 22.0. The topological polar surface area (TPSA) is 115 Å². The van der Waals surface area contributed by atoms with E-state index in [1.165, 1.54) is 11.1 Å². The third-order valence-electron chi connectivity index (χ3n) is 5.05. The molecule has 0 fully saturated rings. The van der Waals surface area contributed by atoms with Crippen LogP contribution in [0.3, 0.4) is 0 Å². The average Bonchev–Trinajstić information content (AvgIpc) is 3.27. The van der Waals surface area contributed by atoms with Gasteiger partial charge in [0.2, 0.25) is 12.2 Å². The molecular formula is C25H27Cl2N7O3. The maximum atomic E-state index is 12.3. The molecule has 2 N–H and O–H groups in total. The summed E-state index contributed by atoms with van der Waals surface area (Å²) in [4.78, 5) is 18.2. The lowest BCUT2D eigenvalue weighted by molar-refractivity contribution is 0.156. The van der Waals surface area contributed by atoms with E-state index in [4.69, 9.17) is 32.7 Å². The first-order chi connectivity index (χ1) is 17.8. The van der Waals surface area contributed by atoms with Crippen molar-refractivity contribution >= 4 is 46.7 Å². The van der Waals surface area contributed by atoms with Crippen LogP contribution in [-0.2, 0) is 4.74 Å². The molecule has 1 aliphatic heterocycles. The highest BCUT2D eigenvalue weighted by molar-refractivity contribution is 6.42. The molecule has 0 saturated carbocycles. The first kappa shape index (κ1) is 27.8. The lowest BCUT2D eigenvalue weighted by atomic mass is 10.0. The molecule has 2 aromatic carbocycles. The number of guanidine groups is 1. The fraction of sp³-hybridized carbons (Fsp3) is 0.280. The smallest absolute Gasteiger partial charge is 0.408 e. The van der Waals surface area contributed by atoms with E-state index in [1.54, 1.807) is 30.5 Å². The Hall–Kier alpha value is -3.78. The fourth-order valence-corrected chi connectivity index (χ4v) is 3.62. The van der Waals surface area contributed by atoms with Gasteiger partial charge >= 0.3 is 6.09 Å². The van der Waals surface area contributed by atoms with Crippen molar-refractivity contribution in [3.8, 4) is 11.9 Å². The van der Waals surface area contributed by atoms with Crippen LogP contribution in [0.2, 0.25) is 10.0 Å². The number of ether oxygens (including phenoxy) is 2. The van der Waals surface area contributed by atoms with Crippen LogP contribution in [0.5, 0.6) is 5.75 Å². The summed E-state index contributed by atoms with van der Waals surface area (Å²) in [6.45, 7) is 5.05. The second kappa shape index (κ2) is 13.5. The number of halogens is 2. The van der Waals surface area contributed by atoms with Crippen molar-refractivity contribution in [1.82, 2.24) is 15.2 Å². The Kier molecular flexibility index (Phi) is 10.1. The monoisotopic (exact) mass is 543 g/mol. The minimum atomic E-state index is -0.645. The van der Waals surface area contributed by atoms with E-state index >= 15 is 0 Å². The van der Waals surface area contributed by atoms with E-state index in [0.29, 0.717) is 39.4 Å². The highest BCUT2D eigenvalue weighted by atomic mass is 35.5. The van der Waals surface area contributed by atoms with E-state index in [-0.39, 0.29) is 19.1 Å². The van der Waals surface area contributed by atoms with Gasteiger partial charge < -0.3 is 25.0 Å². The number of anilines is 1. The summed E-state index contributed by atoms with van der Waals surface area (Å²) < 4.78 is 10.9. The number of hydrogen-bond donors (Lipinski definition) is 2. The minimum Gasteiger partial charge on any atom is -0.492 e. The number of aliphatic imine (C=N–C) groups is 1. The summed E-state index contributed by atoms with van der Waals surface area (Å²) in [5.74, 6) is 0.823. The van der Waals surface area contributed by atoms with Gasteiger partial charge in [0.15, 0.2) is 0 Å². The molecule has 1 aliphatic rings. The van der Waals surface area contributed by atoms with Crippen molar-refractivity contribution in [3.05, 3.63) is 70.7 Å². The molecule has 0 spiro atoms. The van der Waals surface area contributed by atoms with Gasteiger partial charge in [0.1, 0.15) is 19.0 Å². The van der Waals surface area contributed by atoms with Crippen molar-refractivity contribution in [3.63, 3.8) is 0 Å². The van der Waals surface area contributed by atoms with Gasteiger partial charge in [-0.2, -0.15) is 10.4 Å². The SMILES string of the molecule is C=CCOC(=O)NC1CN(/C(=N\C#N)Nc2cccc(OCCN(C)C)c2)N=C1c1ccc(Cl)c(Cl)c1. The number of nitrogens with one attached hydrogen (secondary N) is 2. The molecule has 2 aromatic rings. The predicted octanol–water partition coefficient (Wildman–Crippen LogP) is 4.18. The number of alkyl carbamates (subject to hydrolysis) is 1. The van der Waals surface area contributed by atoms with E-state index in [0.717, 1.165) is 6.54 Å². The van der Waals surface area contributed by atoms with E-state index in [2.05, 4.69) is 27.3 Å². The summed E-state index contributed by atoms with van der Waals surface area (Å²) in [6, 6.07) is 11.7. The van der Waals surface area contributed by atoms with Crippen LogP contribution >= 0.6 is 23.2 Å². The summed E-state index contributed by atoms with van der Waals surface area (Å²) in [7, 11) is 3.94. The quantitative estimate of drug-likeness (QED) is 0.211. The Bertz CT molecular complexity index is 1230. The van der Waals surface area contributed by atoms with Gasteiger partial charge in [-0.3, -0.25) is 0 Å². The molecule has 3 rings (SSSR count). The number of amides is 1. The molecule has 1 atom stereocenters. The van der Waals surface area contributed by atoms with Gasteiger partial charge in [-0.25, -0.2) is 9.80 Å². The van der Waals surface area contributed by atoms with Crippen LogP contribution < -0.4 is 15.4 Å². The average molecular weight is 544 g/mol. The summed E-state index contributed by atoms with van der Waals surface area (Å²) >= 11 is 12.3. The molecule has 0 aromatic heterocycles. The Morgan fingerprint density at radius 2 is 2.14 bits per heavy atom. The molecule has 1 heterocycles. The molecule has 0 radical (unpaired) electrons. The van der Waals surface area contributed by atoms with Crippen LogP contribution in [0.4, 0.5) is 10.5 Å². The molecule has 1 unspecified atom stereocenters. The zero-order chi connectivity index (χ0) is 26.8. The second-order valence-electron chi connectivity index (χ2n) is 8.12. The Morgan fingerprint density at radius 1 is 1.32 bits per heavy atom. The standard InChI is InChI=1S/C25H27Cl2N7O3/c1-4-11-37-25(35)31-22-15-34(32-23(22)17-8-9-20(26)21(27)13-17)24(29-16-28)30-18-6-5-7-19(14-18)36-12-10-33(2)3/h4-9,13-14,22H,1,10-12,15H2,2-3H3,(H,29,30)(H,31,35). The largest absolute Gasteiger partial charge is 0.492 e. The predicted molar refractivity (Wildman–Crippen MR) is 145 cm³/mol. The molecule has 37 heavy (non-hydrogen) atoms. The number of carbonyl (C=O) groups excluding carboxylic acids is 1. The third-order valence-corrected chi connectivity index (χ3v) is 5.79. The molecule has 10 nitrogen and oxygen atoms in total. The lowest BCUT2D eigenvalue weighted by Gasteiger charge is -2.19. The van der Waals surface area contributed by atoms with Crippen molar-refractivity contribution in [2.75, 3.05) is 45.7 Å². The van der Waals surface area contributed by atoms with Crippen LogP contribution in [-0.4, -0.2) is 74.1 Å². The molecule has 0 aliphatic carbocycles. The zero-order valence-electron chi connectivity index (χ0n) is 20.4. The Labute approximate surface area is 225 Å². The van der Waals surface area contributed by atoms with Gasteiger partial charge in [-0.15, -0.1) is 4.99 Å². The summed E-state index contributed by atoms with van der Waals surface area (Å²) in [6.07, 6.45) is 2.62. The molecular weight excluding hydrogens is 517 g/mol. The van der Waals surface area contributed by atoms with Gasteiger partial charge in [0.25, 0.3) is 0 Å². The number of rotatable bonds is 9. The van der Waals surface area contributed by atoms with Crippen molar-refractivity contribution in [2.45, 2.75) is 6.04 Å². The highest BCUT2D eigenvalue weighted by Crippen LogP contribution is 2.26. The minimum absolute atomic E-state index is 0.0527. The van der Waals surface area contributed by atoms with E-state index in [1.807, 2.05) is 37.2 Å². The Balaban J connectivity index is 1.85. The highest BCUT2D eigenvalue weighted by Gasteiger charge is 2.32. The fourth-order valence-electron chi connectivity index (χ4n) is 3.32. The van der Waals surface area contributed by atoms with Crippen LogP contribution in [0, 0.1) is 11.5 Å². The second-order valence-corrected chi connectivity index (χ2v) is 8.93. The van der Waals surface area contributed by atoms with E-state index in [9.17, 15) is 10.1 Å². The van der Waals surface area contributed by atoms with Crippen molar-refractivity contribution < 1.29 is 14.3 Å². The van der Waals surface area contributed by atoms with Crippen molar-refractivity contribution in [2.24, 2.45) is 10.1 Å². The number of carbonyl (C=O) groups is 1. The van der Waals surface area contributed by atoms with E-state index < -0.39 is 12.1 Å². The molecule has 0 bridgehead atoms. The summed E-state index contributed by atoms with van der Waals surface area (Å²) in [5.41, 5.74) is 1.77. The molecule has 1 amide bonds. The number of nitriles is 1. The first-order valence-corrected chi connectivity index (χ1v) is 12.0. The Morgan fingerprint density at radius 3 is 2.84 bits per heavy atom. The van der Waals surface area contributed by atoms with Gasteiger partial charge in [0, 0.05) is 23.9 Å². The van der Waals surface area contributed by atoms with Crippen LogP contribution in [0.1, 0.15) is 5.56 Å². The maximum Gasteiger partial charge on any atom is 0.408 e. The number of hydrogen-bond acceptors (Lipinski definition) is 7. The van der Waals surface area contributed by atoms with Crippen LogP contribution in [0.15, 0.2) is 65.2 Å². The normalized spacial score (nSPS) is 15.1. The molecule has 0 saturated heterocycles. The molecule has 194 valence electrons. The van der Waals surface area contributed by atoms with Gasteiger partial charge in [0.05, 0.1) is 28.3 Å². The van der Waals surface area contributed by atoms with Crippen molar-refractivity contribution in [1.29, 1.82) is 5.26 Å². The number of nitrogens with zero attached hydrogens (tertiary/aromatic N) is 5. The first-order valence-electron chi connectivity index (χ1n) is 11.3. The molecule has 12 heteroatoms. The van der Waals surface area contributed by atoms with Crippen LogP contribution in [0.25, 0.3) is 0 Å². The number of hydrazone groups is 1. The summed E-state index contributed by atoms with van der Waals surface area (Å²) in [5, 5.41) is 22.1. The number of benzene rings is 2. The van der Waals surface area contributed by atoms with Gasteiger partial charge in [-0.1, -0.05) is 48.0 Å². The lowest BCUT2D eigenvalue weighted by Crippen LogP contribution is -2.44. The maximum absolute atomic E-state index is 12.3. The third kappa shape index (κ3) is 8.11.